The van der Waals surface area contributed by atoms with E-state index in [1.165, 1.54) is 18.3 Å². The number of fused-ring (bicyclic) bond motifs is 1. The standard InChI is InChI=1S/C30H27FN6O2/c1-30(2)27(34-28(38)21-17-32-35(3)18-21)26(19-7-5-4-6-8-19)36(29(30)39)24-13-14-25-20(15-24)16-33-37(25)23-11-9-22(31)10-12-23/h4-18,26-27H,1-3H3,(H,34,38)/t26-,27-/m0/s1. The van der Waals surface area contributed by atoms with Gasteiger partial charge in [-0.05, 0) is 61.9 Å². The van der Waals surface area contributed by atoms with Crippen LogP contribution < -0.4 is 10.2 Å². The summed E-state index contributed by atoms with van der Waals surface area (Å²) in [5.74, 6) is -0.698. The second-order valence-corrected chi connectivity index (χ2v) is 10.4. The molecule has 2 atom stereocenters. The van der Waals surface area contributed by atoms with Crippen LogP contribution in [-0.2, 0) is 11.8 Å². The molecular weight excluding hydrogens is 495 g/mol. The number of halogens is 1. The Morgan fingerprint density at radius 1 is 0.949 bits per heavy atom. The lowest BCUT2D eigenvalue weighted by atomic mass is 9.82. The highest BCUT2D eigenvalue weighted by atomic mass is 19.1. The lowest BCUT2D eigenvalue weighted by molar-refractivity contribution is -0.124. The average Bonchev–Trinajstić information content (AvgIpc) is 3.61. The Kier molecular flexibility index (Phi) is 5.79. The molecule has 1 fully saturated rings. The van der Waals surface area contributed by atoms with Crippen molar-refractivity contribution in [3.63, 3.8) is 0 Å². The highest BCUT2D eigenvalue weighted by Crippen LogP contribution is 2.47. The van der Waals surface area contributed by atoms with Gasteiger partial charge in [0.05, 0.1) is 46.7 Å². The van der Waals surface area contributed by atoms with Crippen LogP contribution in [0.4, 0.5) is 10.1 Å². The van der Waals surface area contributed by atoms with Crippen molar-refractivity contribution < 1.29 is 14.0 Å². The van der Waals surface area contributed by atoms with Crippen LogP contribution in [0, 0.1) is 11.2 Å². The number of nitrogens with one attached hydrogen (secondary N) is 1. The van der Waals surface area contributed by atoms with Gasteiger partial charge in [0.25, 0.3) is 5.91 Å². The summed E-state index contributed by atoms with van der Waals surface area (Å²) in [5.41, 5.74) is 2.71. The van der Waals surface area contributed by atoms with E-state index in [1.54, 1.807) is 45.8 Å². The van der Waals surface area contributed by atoms with Crippen LogP contribution in [0.5, 0.6) is 0 Å². The zero-order valence-corrected chi connectivity index (χ0v) is 21.7. The summed E-state index contributed by atoms with van der Waals surface area (Å²) in [6, 6.07) is 20.6. The van der Waals surface area contributed by atoms with Gasteiger partial charge in [-0.1, -0.05) is 30.3 Å². The van der Waals surface area contributed by atoms with Gasteiger partial charge >= 0.3 is 0 Å². The van der Waals surface area contributed by atoms with Gasteiger partial charge in [0, 0.05) is 24.3 Å². The van der Waals surface area contributed by atoms with Crippen LogP contribution >= 0.6 is 0 Å². The monoisotopic (exact) mass is 522 g/mol. The Hall–Kier alpha value is -4.79. The molecule has 0 bridgehead atoms. The van der Waals surface area contributed by atoms with E-state index in [0.717, 1.165) is 22.2 Å². The maximum Gasteiger partial charge on any atom is 0.254 e. The van der Waals surface area contributed by atoms with Gasteiger partial charge < -0.3 is 10.2 Å². The maximum atomic E-state index is 14.0. The lowest BCUT2D eigenvalue weighted by Crippen LogP contribution is -2.46. The van der Waals surface area contributed by atoms with E-state index in [1.807, 2.05) is 62.4 Å². The number of aryl methyl sites for hydroxylation is 1. The Balaban J connectivity index is 1.42. The molecule has 39 heavy (non-hydrogen) atoms. The fourth-order valence-electron chi connectivity index (χ4n) is 5.36. The van der Waals surface area contributed by atoms with Crippen LogP contribution in [-0.4, -0.2) is 37.4 Å². The molecule has 1 aliphatic heterocycles. The van der Waals surface area contributed by atoms with E-state index >= 15 is 0 Å². The van der Waals surface area contributed by atoms with E-state index in [2.05, 4.69) is 15.5 Å². The molecule has 196 valence electrons. The first-order chi connectivity index (χ1) is 18.7. The van der Waals surface area contributed by atoms with Crippen LogP contribution in [0.25, 0.3) is 16.6 Å². The summed E-state index contributed by atoms with van der Waals surface area (Å²) in [7, 11) is 1.75. The number of aromatic nitrogens is 4. The number of hydrogen-bond acceptors (Lipinski definition) is 4. The Morgan fingerprint density at radius 3 is 2.36 bits per heavy atom. The van der Waals surface area contributed by atoms with Gasteiger partial charge in [-0.15, -0.1) is 0 Å². The van der Waals surface area contributed by atoms with Crippen LogP contribution in [0.1, 0.15) is 35.8 Å². The summed E-state index contributed by atoms with van der Waals surface area (Å²) in [4.78, 5) is 29.0. The minimum absolute atomic E-state index is 0.0990. The predicted octanol–water partition coefficient (Wildman–Crippen LogP) is 4.81. The van der Waals surface area contributed by atoms with Crippen LogP contribution in [0.3, 0.4) is 0 Å². The largest absolute Gasteiger partial charge is 0.346 e. The number of nitrogens with zero attached hydrogens (tertiary/aromatic N) is 5. The number of anilines is 1. The zero-order chi connectivity index (χ0) is 27.3. The molecule has 0 unspecified atom stereocenters. The van der Waals surface area contributed by atoms with Gasteiger partial charge in [-0.25, -0.2) is 9.07 Å². The third-order valence-electron chi connectivity index (χ3n) is 7.44. The minimum Gasteiger partial charge on any atom is -0.346 e. The van der Waals surface area contributed by atoms with Crippen molar-refractivity contribution in [2.45, 2.75) is 25.9 Å². The topological polar surface area (TPSA) is 85.0 Å². The molecular formula is C30H27FN6O2. The van der Waals surface area contributed by atoms with Gasteiger partial charge in [0.1, 0.15) is 5.82 Å². The highest BCUT2D eigenvalue weighted by Gasteiger charge is 2.55. The first-order valence-electron chi connectivity index (χ1n) is 12.7. The van der Waals surface area contributed by atoms with E-state index in [9.17, 15) is 14.0 Å². The fourth-order valence-corrected chi connectivity index (χ4v) is 5.36. The molecule has 8 nitrogen and oxygen atoms in total. The van der Waals surface area contributed by atoms with E-state index in [4.69, 9.17) is 0 Å². The molecule has 0 saturated carbocycles. The highest BCUT2D eigenvalue weighted by molar-refractivity contribution is 6.04. The molecule has 0 spiro atoms. The normalized spacial score (nSPS) is 18.6. The number of benzene rings is 3. The van der Waals surface area contributed by atoms with Gasteiger partial charge in [0.2, 0.25) is 5.91 Å². The molecule has 0 radical (unpaired) electrons. The molecule has 2 aromatic heterocycles. The summed E-state index contributed by atoms with van der Waals surface area (Å²) in [6.07, 6.45) is 4.90. The van der Waals surface area contributed by atoms with Crippen molar-refractivity contribution in [1.29, 1.82) is 0 Å². The van der Waals surface area contributed by atoms with E-state index in [0.29, 0.717) is 11.3 Å². The minimum atomic E-state index is -0.897. The summed E-state index contributed by atoms with van der Waals surface area (Å²) < 4.78 is 16.8. The molecule has 2 amide bonds. The third kappa shape index (κ3) is 4.16. The first-order valence-corrected chi connectivity index (χ1v) is 12.7. The quantitative estimate of drug-likeness (QED) is 0.359. The fraction of sp³-hybridized carbons (Fsp3) is 0.200. The second kappa shape index (κ2) is 9.20. The van der Waals surface area contributed by atoms with Crippen molar-refractivity contribution in [2.24, 2.45) is 12.5 Å². The molecule has 1 aliphatic rings. The maximum absolute atomic E-state index is 14.0. The number of amides is 2. The Morgan fingerprint density at radius 2 is 1.67 bits per heavy atom. The summed E-state index contributed by atoms with van der Waals surface area (Å²) in [5, 5.41) is 12.6. The van der Waals surface area contributed by atoms with Gasteiger partial charge in [-0.3, -0.25) is 14.3 Å². The van der Waals surface area contributed by atoms with Crippen LogP contribution in [0.2, 0.25) is 0 Å². The third-order valence-corrected chi connectivity index (χ3v) is 7.44. The number of rotatable bonds is 5. The Labute approximate surface area is 224 Å². The molecule has 1 saturated heterocycles. The number of carbonyl (C=O) groups excluding carboxylic acids is 2. The molecule has 3 heterocycles. The molecule has 5 aromatic rings. The molecule has 6 rings (SSSR count). The lowest BCUT2D eigenvalue weighted by Gasteiger charge is -2.30. The average molecular weight is 523 g/mol. The molecule has 3 aromatic carbocycles. The summed E-state index contributed by atoms with van der Waals surface area (Å²) >= 11 is 0. The SMILES string of the molecule is Cn1cc(C(=O)N[C@H]2[C@H](c3ccccc3)N(c3ccc4c(cnn4-c4ccc(F)cc4)c3)C(=O)C2(C)C)cn1. The van der Waals surface area contributed by atoms with E-state index in [-0.39, 0.29) is 17.6 Å². The Bertz CT molecular complexity index is 1690. The van der Waals surface area contributed by atoms with Gasteiger partial charge in [0.15, 0.2) is 0 Å². The van der Waals surface area contributed by atoms with Crippen molar-refractivity contribution >= 4 is 28.4 Å². The van der Waals surface area contributed by atoms with Crippen molar-refractivity contribution in [3.8, 4) is 5.69 Å². The van der Waals surface area contributed by atoms with Crippen molar-refractivity contribution in [1.82, 2.24) is 24.9 Å². The predicted molar refractivity (Wildman–Crippen MR) is 146 cm³/mol. The van der Waals surface area contributed by atoms with Crippen LogP contribution in [0.15, 0.2) is 91.4 Å². The van der Waals surface area contributed by atoms with Crippen molar-refractivity contribution in [2.75, 3.05) is 4.90 Å². The molecule has 0 aliphatic carbocycles. The number of hydrogen-bond donors (Lipinski definition) is 1. The van der Waals surface area contributed by atoms with Crippen molar-refractivity contribution in [3.05, 3.63) is 108 Å². The molecule has 1 N–H and O–H groups in total. The molecule has 9 heteroatoms. The first kappa shape index (κ1) is 24.5. The second-order valence-electron chi connectivity index (χ2n) is 10.4. The smallest absolute Gasteiger partial charge is 0.254 e. The van der Waals surface area contributed by atoms with E-state index < -0.39 is 17.5 Å². The zero-order valence-electron chi connectivity index (χ0n) is 21.7. The number of carbonyl (C=O) groups is 2. The van der Waals surface area contributed by atoms with Gasteiger partial charge in [-0.2, -0.15) is 10.2 Å². The summed E-state index contributed by atoms with van der Waals surface area (Å²) in [6.45, 7) is 3.73.